The topological polar surface area (TPSA) is 69.8 Å². The lowest BCUT2D eigenvalue weighted by atomic mass is 9.98. The summed E-state index contributed by atoms with van der Waals surface area (Å²) in [6.45, 7) is 2.27. The molecule has 0 atom stereocenters. The molecule has 33 heavy (non-hydrogen) atoms. The van der Waals surface area contributed by atoms with Crippen LogP contribution >= 0.6 is 0 Å². The lowest BCUT2D eigenvalue weighted by Gasteiger charge is -2.29. The molecule has 170 valence electrons. The van der Waals surface area contributed by atoms with Gasteiger partial charge >= 0.3 is 0 Å². The highest BCUT2D eigenvalue weighted by atomic mass is 16.5. The SMILES string of the molecule is c1cc(N2CCCCC2)c2cc(-c3cc(-c4cncc(OC5CCCCC5)c4)[nH]n3)[nH]c2c1. The van der Waals surface area contributed by atoms with E-state index in [9.17, 15) is 0 Å². The van der Waals surface area contributed by atoms with E-state index in [1.165, 1.54) is 49.6 Å². The molecule has 0 bridgehead atoms. The Balaban J connectivity index is 1.26. The zero-order valence-electron chi connectivity index (χ0n) is 19.0. The third-order valence-electron chi connectivity index (χ3n) is 7.07. The van der Waals surface area contributed by atoms with Gasteiger partial charge in [-0.15, -0.1) is 0 Å². The normalized spacial score (nSPS) is 17.5. The van der Waals surface area contributed by atoms with E-state index in [4.69, 9.17) is 4.74 Å². The number of hydrogen-bond acceptors (Lipinski definition) is 4. The summed E-state index contributed by atoms with van der Waals surface area (Å²) < 4.78 is 6.21. The van der Waals surface area contributed by atoms with Crippen molar-refractivity contribution < 1.29 is 4.74 Å². The third-order valence-corrected chi connectivity index (χ3v) is 7.07. The quantitative estimate of drug-likeness (QED) is 0.380. The van der Waals surface area contributed by atoms with Crippen molar-refractivity contribution in [2.45, 2.75) is 57.5 Å². The molecule has 2 aliphatic rings. The molecule has 0 unspecified atom stereocenters. The number of H-pyrrole nitrogens is 2. The van der Waals surface area contributed by atoms with Crippen LogP contribution in [0.2, 0.25) is 0 Å². The van der Waals surface area contributed by atoms with Crippen LogP contribution in [0.1, 0.15) is 51.4 Å². The van der Waals surface area contributed by atoms with Gasteiger partial charge in [-0.25, -0.2) is 0 Å². The third kappa shape index (κ3) is 4.22. The maximum atomic E-state index is 6.21. The highest BCUT2D eigenvalue weighted by Crippen LogP contribution is 2.33. The van der Waals surface area contributed by atoms with Gasteiger partial charge in [0, 0.05) is 41.4 Å². The zero-order chi connectivity index (χ0) is 22.0. The van der Waals surface area contributed by atoms with Crippen molar-refractivity contribution in [1.29, 1.82) is 0 Å². The van der Waals surface area contributed by atoms with E-state index < -0.39 is 0 Å². The number of aromatic nitrogens is 4. The summed E-state index contributed by atoms with van der Waals surface area (Å²) in [7, 11) is 0. The van der Waals surface area contributed by atoms with Gasteiger partial charge in [-0.1, -0.05) is 12.5 Å². The van der Waals surface area contributed by atoms with Gasteiger partial charge in [-0.3, -0.25) is 10.1 Å². The average molecular weight is 442 g/mol. The number of nitrogens with zero attached hydrogens (tertiary/aromatic N) is 3. The van der Waals surface area contributed by atoms with Gasteiger partial charge in [-0.05, 0) is 75.3 Å². The molecule has 1 aromatic carbocycles. The van der Waals surface area contributed by atoms with Crippen molar-refractivity contribution in [3.8, 4) is 28.4 Å². The number of pyridine rings is 1. The molecule has 1 saturated heterocycles. The largest absolute Gasteiger partial charge is 0.489 e. The second-order valence-electron chi connectivity index (χ2n) is 9.42. The van der Waals surface area contributed by atoms with E-state index >= 15 is 0 Å². The summed E-state index contributed by atoms with van der Waals surface area (Å²) in [6.07, 6.45) is 14.0. The van der Waals surface area contributed by atoms with E-state index in [-0.39, 0.29) is 0 Å². The van der Waals surface area contributed by atoms with Gasteiger partial charge in [0.1, 0.15) is 11.4 Å². The first kappa shape index (κ1) is 20.3. The van der Waals surface area contributed by atoms with E-state index in [2.05, 4.69) is 61.5 Å². The zero-order valence-corrected chi connectivity index (χ0v) is 19.0. The molecule has 4 aromatic rings. The van der Waals surface area contributed by atoms with E-state index in [1.54, 1.807) is 0 Å². The summed E-state index contributed by atoms with van der Waals surface area (Å²) in [6, 6.07) is 12.9. The van der Waals surface area contributed by atoms with Crippen molar-refractivity contribution in [3.05, 3.63) is 48.8 Å². The average Bonchev–Trinajstić information content (AvgIpc) is 3.53. The van der Waals surface area contributed by atoms with Gasteiger partial charge in [-0.2, -0.15) is 5.10 Å². The van der Waals surface area contributed by atoms with E-state index in [0.29, 0.717) is 6.10 Å². The van der Waals surface area contributed by atoms with Gasteiger partial charge in [0.15, 0.2) is 0 Å². The Labute approximate surface area is 194 Å². The summed E-state index contributed by atoms with van der Waals surface area (Å²) in [5, 5.41) is 9.07. The van der Waals surface area contributed by atoms with Crippen molar-refractivity contribution >= 4 is 16.6 Å². The Hall–Kier alpha value is -3.28. The Morgan fingerprint density at radius 1 is 0.879 bits per heavy atom. The van der Waals surface area contributed by atoms with Gasteiger partial charge in [0.2, 0.25) is 0 Å². The van der Waals surface area contributed by atoms with Gasteiger partial charge in [0.25, 0.3) is 0 Å². The van der Waals surface area contributed by atoms with Gasteiger partial charge < -0.3 is 14.6 Å². The number of fused-ring (bicyclic) bond motifs is 1. The minimum atomic E-state index is 0.313. The summed E-state index contributed by atoms with van der Waals surface area (Å²) in [5.41, 5.74) is 6.35. The number of aromatic amines is 2. The molecular formula is C27H31N5O. The predicted octanol–water partition coefficient (Wildman–Crippen LogP) is 6.32. The van der Waals surface area contributed by atoms with Crippen LogP contribution in [0.4, 0.5) is 5.69 Å². The molecule has 1 saturated carbocycles. The lowest BCUT2D eigenvalue weighted by molar-refractivity contribution is 0.154. The van der Waals surface area contributed by atoms with Crippen LogP contribution in [0.5, 0.6) is 5.75 Å². The fraction of sp³-hybridized carbons (Fsp3) is 0.407. The number of ether oxygens (including phenoxy) is 1. The molecule has 6 nitrogen and oxygen atoms in total. The van der Waals surface area contributed by atoms with Gasteiger partial charge in [0.05, 0.1) is 23.7 Å². The first-order chi connectivity index (χ1) is 16.3. The number of benzene rings is 1. The molecule has 1 aliphatic heterocycles. The maximum absolute atomic E-state index is 6.21. The fourth-order valence-electron chi connectivity index (χ4n) is 5.30. The number of nitrogens with one attached hydrogen (secondary N) is 2. The number of anilines is 1. The Morgan fingerprint density at radius 2 is 1.73 bits per heavy atom. The molecular weight excluding hydrogens is 410 g/mol. The lowest BCUT2D eigenvalue weighted by Crippen LogP contribution is -2.29. The second-order valence-corrected chi connectivity index (χ2v) is 9.42. The Bertz CT molecular complexity index is 1230. The van der Waals surface area contributed by atoms with Crippen molar-refractivity contribution in [2.24, 2.45) is 0 Å². The van der Waals surface area contributed by atoms with Crippen molar-refractivity contribution in [3.63, 3.8) is 0 Å². The van der Waals surface area contributed by atoms with Crippen molar-refractivity contribution in [1.82, 2.24) is 20.2 Å². The molecule has 6 rings (SSSR count). The minimum Gasteiger partial charge on any atom is -0.489 e. The summed E-state index contributed by atoms with van der Waals surface area (Å²) in [5.74, 6) is 0.840. The Kier molecular flexibility index (Phi) is 5.50. The Morgan fingerprint density at radius 3 is 2.61 bits per heavy atom. The van der Waals surface area contributed by atoms with Crippen LogP contribution in [-0.2, 0) is 0 Å². The molecule has 2 N–H and O–H groups in total. The minimum absolute atomic E-state index is 0.313. The predicted molar refractivity (Wildman–Crippen MR) is 133 cm³/mol. The molecule has 0 radical (unpaired) electrons. The highest BCUT2D eigenvalue weighted by Gasteiger charge is 2.18. The summed E-state index contributed by atoms with van der Waals surface area (Å²) >= 11 is 0. The highest BCUT2D eigenvalue weighted by molar-refractivity contribution is 5.96. The molecule has 4 heterocycles. The van der Waals surface area contributed by atoms with E-state index in [1.807, 2.05) is 12.4 Å². The van der Waals surface area contributed by atoms with Crippen LogP contribution in [0.25, 0.3) is 33.5 Å². The summed E-state index contributed by atoms with van der Waals surface area (Å²) in [4.78, 5) is 10.5. The standard InChI is InChI=1S/C27H31N5O/c1-3-8-20(9-4-1)33-21-14-19(17-28-18-21)24-16-26(31-30-24)25-15-22-23(29-25)10-7-11-27(22)32-12-5-2-6-13-32/h7,10-11,14-18,20,29H,1-6,8-9,12-13H2,(H,30,31). The molecule has 1 aliphatic carbocycles. The first-order valence-electron chi connectivity index (χ1n) is 12.4. The van der Waals surface area contributed by atoms with Crippen molar-refractivity contribution in [2.75, 3.05) is 18.0 Å². The molecule has 2 fully saturated rings. The molecule has 6 heteroatoms. The van der Waals surface area contributed by atoms with E-state index in [0.717, 1.165) is 59.8 Å². The van der Waals surface area contributed by atoms with Crippen LogP contribution in [0, 0.1) is 0 Å². The van der Waals surface area contributed by atoms with Crippen LogP contribution in [0.3, 0.4) is 0 Å². The molecule has 0 spiro atoms. The molecule has 0 amide bonds. The number of rotatable bonds is 5. The first-order valence-corrected chi connectivity index (χ1v) is 12.4. The smallest absolute Gasteiger partial charge is 0.138 e. The van der Waals surface area contributed by atoms with Crippen LogP contribution in [-0.4, -0.2) is 39.4 Å². The molecule has 3 aromatic heterocycles. The maximum Gasteiger partial charge on any atom is 0.138 e. The van der Waals surface area contributed by atoms with Crippen LogP contribution < -0.4 is 9.64 Å². The number of hydrogen-bond donors (Lipinski definition) is 2. The monoisotopic (exact) mass is 441 g/mol. The fourth-order valence-corrected chi connectivity index (χ4v) is 5.30. The number of piperidine rings is 1. The second kappa shape index (κ2) is 8.93. The van der Waals surface area contributed by atoms with Crippen LogP contribution in [0.15, 0.2) is 48.8 Å².